The van der Waals surface area contributed by atoms with Crippen molar-refractivity contribution in [3.05, 3.63) is 20.8 Å². The smallest absolute Gasteiger partial charge is 0.138 e. The van der Waals surface area contributed by atoms with Crippen LogP contribution in [0.4, 0.5) is 0 Å². The standard InChI is InChI=1S/C13H20BrNOS/c1-9(2)5-10(8-15)6-11(16)7-13-12(14)3-4-17-13/h3-4,9-10H,5-8,15H2,1-2H3. The zero-order valence-corrected chi connectivity index (χ0v) is 12.8. The first-order valence-corrected chi connectivity index (χ1v) is 7.63. The number of rotatable bonds is 7. The van der Waals surface area contributed by atoms with Gasteiger partial charge in [0, 0.05) is 22.2 Å². The van der Waals surface area contributed by atoms with E-state index in [1.165, 1.54) is 0 Å². The third-order valence-electron chi connectivity index (χ3n) is 2.70. The molecule has 1 atom stereocenters. The van der Waals surface area contributed by atoms with E-state index >= 15 is 0 Å². The number of hydrogen-bond donors (Lipinski definition) is 1. The second kappa shape index (κ2) is 7.29. The van der Waals surface area contributed by atoms with Crippen LogP contribution in [0.1, 0.15) is 31.6 Å². The van der Waals surface area contributed by atoms with Gasteiger partial charge in [-0.2, -0.15) is 0 Å². The van der Waals surface area contributed by atoms with Gasteiger partial charge in [0.25, 0.3) is 0 Å². The fraction of sp³-hybridized carbons (Fsp3) is 0.615. The van der Waals surface area contributed by atoms with Crippen LogP contribution in [0.15, 0.2) is 15.9 Å². The number of carbonyl (C=O) groups excluding carboxylic acids is 1. The second-order valence-electron chi connectivity index (χ2n) is 4.84. The van der Waals surface area contributed by atoms with E-state index in [1.54, 1.807) is 11.3 Å². The molecule has 0 aliphatic heterocycles. The van der Waals surface area contributed by atoms with Gasteiger partial charge in [-0.1, -0.05) is 13.8 Å². The highest BCUT2D eigenvalue weighted by atomic mass is 79.9. The lowest BCUT2D eigenvalue weighted by Gasteiger charge is -2.15. The van der Waals surface area contributed by atoms with Crippen LogP contribution in [0.25, 0.3) is 0 Å². The third-order valence-corrected chi connectivity index (χ3v) is 4.63. The Morgan fingerprint density at radius 3 is 2.71 bits per heavy atom. The summed E-state index contributed by atoms with van der Waals surface area (Å²) in [6, 6.07) is 1.99. The number of ketones is 1. The van der Waals surface area contributed by atoms with Crippen molar-refractivity contribution in [1.29, 1.82) is 0 Å². The Balaban J connectivity index is 2.45. The first kappa shape index (κ1) is 14.9. The minimum absolute atomic E-state index is 0.296. The van der Waals surface area contributed by atoms with Crippen LogP contribution in [0.5, 0.6) is 0 Å². The first-order chi connectivity index (χ1) is 8.02. The van der Waals surface area contributed by atoms with Crippen molar-refractivity contribution in [3.8, 4) is 0 Å². The fourth-order valence-corrected chi connectivity index (χ4v) is 3.48. The van der Waals surface area contributed by atoms with Gasteiger partial charge in [-0.05, 0) is 52.2 Å². The summed E-state index contributed by atoms with van der Waals surface area (Å²) in [6.07, 6.45) is 2.18. The number of hydrogen-bond acceptors (Lipinski definition) is 3. The van der Waals surface area contributed by atoms with Crippen LogP contribution in [0, 0.1) is 11.8 Å². The van der Waals surface area contributed by atoms with Crippen LogP contribution < -0.4 is 5.73 Å². The van der Waals surface area contributed by atoms with Crippen LogP contribution in [-0.4, -0.2) is 12.3 Å². The molecule has 1 heterocycles. The van der Waals surface area contributed by atoms with Crippen LogP contribution in [0.3, 0.4) is 0 Å². The minimum atomic E-state index is 0.296. The summed E-state index contributed by atoms with van der Waals surface area (Å²) in [5.74, 6) is 1.23. The van der Waals surface area contributed by atoms with Crippen molar-refractivity contribution in [3.63, 3.8) is 0 Å². The Labute approximate surface area is 116 Å². The molecule has 0 bridgehead atoms. The summed E-state index contributed by atoms with van der Waals surface area (Å²) < 4.78 is 1.05. The SMILES string of the molecule is CC(C)CC(CN)CC(=O)Cc1sccc1Br. The molecule has 0 amide bonds. The minimum Gasteiger partial charge on any atom is -0.330 e. The molecule has 0 saturated heterocycles. The van der Waals surface area contributed by atoms with Crippen molar-refractivity contribution in [1.82, 2.24) is 0 Å². The largest absolute Gasteiger partial charge is 0.330 e. The Bertz CT molecular complexity index is 362. The Morgan fingerprint density at radius 2 is 2.24 bits per heavy atom. The summed E-state index contributed by atoms with van der Waals surface area (Å²) in [5.41, 5.74) is 5.71. The van der Waals surface area contributed by atoms with Crippen LogP contribution >= 0.6 is 27.3 Å². The van der Waals surface area contributed by atoms with Crippen molar-refractivity contribution >= 4 is 33.0 Å². The van der Waals surface area contributed by atoms with Gasteiger partial charge in [-0.25, -0.2) is 0 Å². The van der Waals surface area contributed by atoms with Crippen molar-refractivity contribution in [2.24, 2.45) is 17.6 Å². The zero-order valence-electron chi connectivity index (χ0n) is 10.4. The number of nitrogens with two attached hydrogens (primary N) is 1. The van der Waals surface area contributed by atoms with Gasteiger partial charge in [0.15, 0.2) is 0 Å². The highest BCUT2D eigenvalue weighted by Gasteiger charge is 2.15. The number of halogens is 1. The summed E-state index contributed by atoms with van der Waals surface area (Å²) in [5, 5.41) is 2.00. The van der Waals surface area contributed by atoms with Gasteiger partial charge in [0.05, 0.1) is 0 Å². The molecule has 0 aromatic carbocycles. The normalized spacial score (nSPS) is 13.0. The monoisotopic (exact) mass is 317 g/mol. The molecule has 0 aliphatic carbocycles. The lowest BCUT2D eigenvalue weighted by atomic mass is 9.92. The van der Waals surface area contributed by atoms with Gasteiger partial charge in [0.1, 0.15) is 5.78 Å². The molecule has 1 aromatic rings. The lowest BCUT2D eigenvalue weighted by Crippen LogP contribution is -2.20. The van der Waals surface area contributed by atoms with Gasteiger partial charge >= 0.3 is 0 Å². The molecule has 0 radical (unpaired) electrons. The Hall–Kier alpha value is -0.190. The average molecular weight is 318 g/mol. The predicted octanol–water partition coefficient (Wildman–Crippen LogP) is 3.63. The summed E-state index contributed by atoms with van der Waals surface area (Å²) in [4.78, 5) is 13.1. The molecule has 1 aromatic heterocycles. The lowest BCUT2D eigenvalue weighted by molar-refractivity contribution is -0.119. The van der Waals surface area contributed by atoms with Crippen LogP contribution in [-0.2, 0) is 11.2 Å². The van der Waals surface area contributed by atoms with E-state index in [0.29, 0.717) is 37.0 Å². The summed E-state index contributed by atoms with van der Waals surface area (Å²) in [6.45, 7) is 4.95. The van der Waals surface area contributed by atoms with E-state index < -0.39 is 0 Å². The maximum absolute atomic E-state index is 11.9. The molecule has 17 heavy (non-hydrogen) atoms. The highest BCUT2D eigenvalue weighted by Crippen LogP contribution is 2.24. The first-order valence-electron chi connectivity index (χ1n) is 5.96. The second-order valence-corrected chi connectivity index (χ2v) is 6.70. The maximum atomic E-state index is 11.9. The topological polar surface area (TPSA) is 43.1 Å². The van der Waals surface area contributed by atoms with Gasteiger partial charge in [0.2, 0.25) is 0 Å². The van der Waals surface area contributed by atoms with E-state index in [1.807, 2.05) is 11.4 Å². The number of Topliss-reactive ketones (excluding diaryl/α,β-unsaturated/α-hetero) is 1. The predicted molar refractivity (Wildman–Crippen MR) is 77.3 cm³/mol. The molecule has 4 heteroatoms. The van der Waals surface area contributed by atoms with Gasteiger partial charge in [-0.3, -0.25) is 4.79 Å². The number of thiophene rings is 1. The van der Waals surface area contributed by atoms with Crippen LogP contribution in [0.2, 0.25) is 0 Å². The highest BCUT2D eigenvalue weighted by molar-refractivity contribution is 9.10. The van der Waals surface area contributed by atoms with Crippen molar-refractivity contribution < 1.29 is 4.79 Å². The molecule has 96 valence electrons. The van der Waals surface area contributed by atoms with Crippen molar-refractivity contribution in [2.75, 3.05) is 6.54 Å². The van der Waals surface area contributed by atoms with E-state index in [4.69, 9.17) is 5.73 Å². The average Bonchev–Trinajstić information content (AvgIpc) is 2.62. The molecular weight excluding hydrogens is 298 g/mol. The third kappa shape index (κ3) is 5.32. The quantitative estimate of drug-likeness (QED) is 0.834. The van der Waals surface area contributed by atoms with E-state index in [9.17, 15) is 4.79 Å². The van der Waals surface area contributed by atoms with E-state index in [2.05, 4.69) is 29.8 Å². The van der Waals surface area contributed by atoms with Gasteiger partial charge in [-0.15, -0.1) is 11.3 Å². The molecule has 1 unspecified atom stereocenters. The molecule has 0 aliphatic rings. The molecule has 1 rings (SSSR count). The molecule has 0 fully saturated rings. The fourth-order valence-electron chi connectivity index (χ4n) is 1.95. The Morgan fingerprint density at radius 1 is 1.53 bits per heavy atom. The zero-order chi connectivity index (χ0) is 12.8. The van der Waals surface area contributed by atoms with E-state index in [0.717, 1.165) is 15.8 Å². The molecular formula is C13H20BrNOS. The number of carbonyl (C=O) groups is 1. The Kier molecular flexibility index (Phi) is 6.38. The molecule has 2 nitrogen and oxygen atoms in total. The summed E-state index contributed by atoms with van der Waals surface area (Å²) in [7, 11) is 0. The maximum Gasteiger partial charge on any atom is 0.138 e. The van der Waals surface area contributed by atoms with Gasteiger partial charge < -0.3 is 5.73 Å². The summed E-state index contributed by atoms with van der Waals surface area (Å²) >= 11 is 5.08. The van der Waals surface area contributed by atoms with Crippen molar-refractivity contribution in [2.45, 2.75) is 33.1 Å². The van der Waals surface area contributed by atoms with E-state index in [-0.39, 0.29) is 0 Å². The molecule has 2 N–H and O–H groups in total. The molecule has 0 spiro atoms. The molecule has 0 saturated carbocycles.